The summed E-state index contributed by atoms with van der Waals surface area (Å²) in [6, 6.07) is 4.04. The monoisotopic (exact) mass is 335 g/mol. The molecule has 16 heavy (non-hydrogen) atoms. The van der Waals surface area contributed by atoms with E-state index in [-0.39, 0.29) is 12.1 Å². The Morgan fingerprint density at radius 1 is 1.38 bits per heavy atom. The van der Waals surface area contributed by atoms with Crippen molar-refractivity contribution in [1.29, 1.82) is 0 Å². The Morgan fingerprint density at radius 2 is 2.12 bits per heavy atom. The molecule has 84 valence electrons. The third kappa shape index (κ3) is 2.01. The minimum atomic E-state index is -0.863. The Bertz CT molecular complexity index is 525. The molecule has 0 radical (unpaired) electrons. The van der Waals surface area contributed by atoms with E-state index in [4.69, 9.17) is 5.73 Å². The molecule has 0 saturated carbocycles. The van der Waals surface area contributed by atoms with Gasteiger partial charge in [-0.2, -0.15) is 5.10 Å². The van der Waals surface area contributed by atoms with Crippen molar-refractivity contribution in [3.8, 4) is 0 Å². The van der Waals surface area contributed by atoms with Crippen LogP contribution in [0.4, 0.5) is 14.6 Å². The van der Waals surface area contributed by atoms with Gasteiger partial charge in [-0.25, -0.2) is 13.5 Å². The van der Waals surface area contributed by atoms with E-state index >= 15 is 0 Å². The van der Waals surface area contributed by atoms with E-state index in [0.29, 0.717) is 5.82 Å². The van der Waals surface area contributed by atoms with Gasteiger partial charge in [0, 0.05) is 5.56 Å². The number of hydrogen-bond donors (Lipinski definition) is 1. The van der Waals surface area contributed by atoms with Crippen molar-refractivity contribution in [2.24, 2.45) is 0 Å². The Labute approximate surface area is 104 Å². The molecule has 0 fully saturated rings. The Balaban J connectivity index is 2.34. The van der Waals surface area contributed by atoms with Gasteiger partial charge in [0.05, 0.1) is 16.3 Å². The zero-order valence-corrected chi connectivity index (χ0v) is 10.3. The first-order valence-electron chi connectivity index (χ1n) is 4.49. The first kappa shape index (κ1) is 11.3. The highest BCUT2D eigenvalue weighted by Gasteiger charge is 2.10. The fraction of sp³-hybridized carbons (Fsp3) is 0.100. The maximum absolute atomic E-state index is 13.4. The van der Waals surface area contributed by atoms with Crippen LogP contribution in [-0.4, -0.2) is 9.78 Å². The lowest BCUT2D eigenvalue weighted by molar-refractivity contribution is 0.492. The van der Waals surface area contributed by atoms with Gasteiger partial charge in [0.1, 0.15) is 5.82 Å². The Hall–Kier alpha value is -1.18. The lowest BCUT2D eigenvalue weighted by Crippen LogP contribution is -2.08. The van der Waals surface area contributed by atoms with Crippen molar-refractivity contribution in [3.63, 3.8) is 0 Å². The second-order valence-corrected chi connectivity index (χ2v) is 4.41. The number of benzene rings is 1. The van der Waals surface area contributed by atoms with Crippen LogP contribution in [0.15, 0.2) is 24.4 Å². The van der Waals surface area contributed by atoms with E-state index in [2.05, 4.69) is 5.10 Å². The molecule has 6 heteroatoms. The summed E-state index contributed by atoms with van der Waals surface area (Å²) in [7, 11) is 0. The molecular weight excluding hydrogens is 327 g/mol. The fourth-order valence-corrected chi connectivity index (χ4v) is 1.73. The van der Waals surface area contributed by atoms with Crippen LogP contribution in [0.3, 0.4) is 0 Å². The summed E-state index contributed by atoms with van der Waals surface area (Å²) in [6.07, 6.45) is 1.58. The van der Waals surface area contributed by atoms with Crippen LogP contribution in [0.1, 0.15) is 5.56 Å². The molecule has 0 aliphatic carbocycles. The Kier molecular flexibility index (Phi) is 3.08. The quantitative estimate of drug-likeness (QED) is 0.857. The molecule has 0 aliphatic rings. The largest absolute Gasteiger partial charge is 0.383 e. The maximum atomic E-state index is 13.4. The summed E-state index contributed by atoms with van der Waals surface area (Å²) >= 11 is 2.03. The van der Waals surface area contributed by atoms with Gasteiger partial charge in [-0.1, -0.05) is 12.1 Å². The van der Waals surface area contributed by atoms with Gasteiger partial charge in [-0.05, 0) is 28.7 Å². The summed E-state index contributed by atoms with van der Waals surface area (Å²) in [4.78, 5) is 0. The molecule has 3 nitrogen and oxygen atoms in total. The summed E-state index contributed by atoms with van der Waals surface area (Å²) in [5, 5.41) is 3.98. The van der Waals surface area contributed by atoms with Crippen LogP contribution in [0, 0.1) is 15.2 Å². The number of nitrogen functional groups attached to an aromatic ring is 1. The Morgan fingerprint density at radius 3 is 2.75 bits per heavy atom. The fourth-order valence-electron chi connectivity index (χ4n) is 1.33. The number of hydrogen-bond acceptors (Lipinski definition) is 2. The number of rotatable bonds is 2. The molecule has 0 unspecified atom stereocenters. The summed E-state index contributed by atoms with van der Waals surface area (Å²) < 4.78 is 28.5. The topological polar surface area (TPSA) is 43.8 Å². The van der Waals surface area contributed by atoms with Crippen LogP contribution in [0.2, 0.25) is 0 Å². The molecule has 0 spiro atoms. The molecule has 0 bridgehead atoms. The van der Waals surface area contributed by atoms with Gasteiger partial charge in [0.25, 0.3) is 0 Å². The number of nitrogens with two attached hydrogens (primary N) is 1. The first-order chi connectivity index (χ1) is 7.59. The molecule has 0 atom stereocenters. The molecule has 2 rings (SSSR count). The lowest BCUT2D eigenvalue weighted by Gasteiger charge is -2.06. The van der Waals surface area contributed by atoms with E-state index in [1.807, 2.05) is 22.6 Å². The number of anilines is 1. The van der Waals surface area contributed by atoms with E-state index in [0.717, 1.165) is 9.64 Å². The van der Waals surface area contributed by atoms with Crippen LogP contribution < -0.4 is 5.73 Å². The van der Waals surface area contributed by atoms with E-state index < -0.39 is 11.6 Å². The summed E-state index contributed by atoms with van der Waals surface area (Å²) in [5.74, 6) is -1.27. The predicted molar refractivity (Wildman–Crippen MR) is 64.8 cm³/mol. The van der Waals surface area contributed by atoms with Crippen LogP contribution >= 0.6 is 22.6 Å². The van der Waals surface area contributed by atoms with Crippen molar-refractivity contribution in [1.82, 2.24) is 9.78 Å². The predicted octanol–water partition coefficient (Wildman–Crippen LogP) is 2.40. The minimum Gasteiger partial charge on any atom is -0.383 e. The second-order valence-electron chi connectivity index (χ2n) is 3.25. The van der Waals surface area contributed by atoms with Crippen molar-refractivity contribution in [3.05, 3.63) is 45.2 Å². The average molecular weight is 335 g/mol. The number of nitrogens with zero attached hydrogens (tertiary/aromatic N) is 2. The number of halogens is 3. The normalized spacial score (nSPS) is 10.7. The SMILES string of the molecule is Nc1c(I)cnn1Cc1cccc(F)c1F. The molecule has 1 aromatic carbocycles. The molecule has 0 saturated heterocycles. The average Bonchev–Trinajstić information content (AvgIpc) is 2.57. The second kappa shape index (κ2) is 4.36. The van der Waals surface area contributed by atoms with Gasteiger partial charge in [0.2, 0.25) is 0 Å². The molecule has 2 aromatic rings. The first-order valence-corrected chi connectivity index (χ1v) is 5.57. The third-order valence-electron chi connectivity index (χ3n) is 2.18. The van der Waals surface area contributed by atoms with Crippen LogP contribution in [0.25, 0.3) is 0 Å². The van der Waals surface area contributed by atoms with Crippen LogP contribution in [-0.2, 0) is 6.54 Å². The van der Waals surface area contributed by atoms with Gasteiger partial charge in [-0.15, -0.1) is 0 Å². The van der Waals surface area contributed by atoms with Gasteiger partial charge in [0.15, 0.2) is 11.6 Å². The van der Waals surface area contributed by atoms with E-state index in [1.54, 1.807) is 6.20 Å². The smallest absolute Gasteiger partial charge is 0.163 e. The van der Waals surface area contributed by atoms with Gasteiger partial charge < -0.3 is 5.73 Å². The van der Waals surface area contributed by atoms with Gasteiger partial charge >= 0.3 is 0 Å². The van der Waals surface area contributed by atoms with E-state index in [1.165, 1.54) is 16.8 Å². The molecule has 1 aromatic heterocycles. The van der Waals surface area contributed by atoms with Crippen molar-refractivity contribution < 1.29 is 8.78 Å². The maximum Gasteiger partial charge on any atom is 0.163 e. The van der Waals surface area contributed by atoms with Crippen molar-refractivity contribution in [2.75, 3.05) is 5.73 Å². The zero-order chi connectivity index (χ0) is 11.7. The lowest BCUT2D eigenvalue weighted by atomic mass is 10.2. The van der Waals surface area contributed by atoms with Crippen molar-refractivity contribution >= 4 is 28.4 Å². The summed E-state index contributed by atoms with van der Waals surface area (Å²) in [6.45, 7) is 0.123. The van der Waals surface area contributed by atoms with Crippen LogP contribution in [0.5, 0.6) is 0 Å². The summed E-state index contributed by atoms with van der Waals surface area (Å²) in [5.41, 5.74) is 5.94. The van der Waals surface area contributed by atoms with E-state index in [9.17, 15) is 8.78 Å². The minimum absolute atomic E-state index is 0.123. The van der Waals surface area contributed by atoms with Crippen molar-refractivity contribution in [2.45, 2.75) is 6.54 Å². The number of aromatic nitrogens is 2. The molecule has 0 amide bonds. The molecule has 0 aliphatic heterocycles. The highest BCUT2D eigenvalue weighted by molar-refractivity contribution is 14.1. The molecule has 2 N–H and O–H groups in total. The van der Waals surface area contributed by atoms with Gasteiger partial charge in [-0.3, -0.25) is 0 Å². The highest BCUT2D eigenvalue weighted by Crippen LogP contribution is 2.17. The molecular formula is C10H8F2IN3. The molecule has 1 heterocycles. The third-order valence-corrected chi connectivity index (χ3v) is 3.02. The zero-order valence-electron chi connectivity index (χ0n) is 8.12. The standard InChI is InChI=1S/C10H8F2IN3/c11-7-3-1-2-6(9(7)12)5-16-10(14)8(13)4-15-16/h1-4H,5,14H2. The highest BCUT2D eigenvalue weighted by atomic mass is 127.